The number of hydrogen-bond donors (Lipinski definition) is 3. The second-order valence-electron chi connectivity index (χ2n) is 5.23. The van der Waals surface area contributed by atoms with Crippen molar-refractivity contribution in [3.05, 3.63) is 47.5 Å². The highest BCUT2D eigenvalue weighted by molar-refractivity contribution is 7.92. The number of anilines is 1. The first-order valence-corrected chi connectivity index (χ1v) is 8.87. The molecule has 3 N–H and O–H groups in total. The summed E-state index contributed by atoms with van der Waals surface area (Å²) in [6.45, 7) is 1.76. The molecule has 0 aliphatic rings. The molecule has 0 fully saturated rings. The quantitative estimate of drug-likeness (QED) is 0.636. The lowest BCUT2D eigenvalue weighted by atomic mass is 10.2. The van der Waals surface area contributed by atoms with E-state index < -0.39 is 49.6 Å². The molecule has 0 atom stereocenters. The second-order valence-corrected chi connectivity index (χ2v) is 6.91. The van der Waals surface area contributed by atoms with Gasteiger partial charge in [0.25, 0.3) is 10.0 Å². The molecule has 146 valence electrons. The zero-order valence-electron chi connectivity index (χ0n) is 13.7. The highest BCUT2D eigenvalue weighted by atomic mass is 32.2. The van der Waals surface area contributed by atoms with Crippen molar-refractivity contribution in [3.8, 4) is 11.5 Å². The van der Waals surface area contributed by atoms with Gasteiger partial charge in [-0.15, -0.1) is 0 Å². The molecule has 7 nitrogen and oxygen atoms in total. The summed E-state index contributed by atoms with van der Waals surface area (Å²) in [5.74, 6) is -2.54. The van der Waals surface area contributed by atoms with Gasteiger partial charge >= 0.3 is 12.1 Å². The zero-order chi connectivity index (χ0) is 20.4. The van der Waals surface area contributed by atoms with Crippen LogP contribution in [0.25, 0.3) is 0 Å². The molecule has 2 aromatic rings. The van der Waals surface area contributed by atoms with Gasteiger partial charge in [0.1, 0.15) is 17.1 Å². The summed E-state index contributed by atoms with van der Waals surface area (Å²) >= 11 is 0. The zero-order valence-corrected chi connectivity index (χ0v) is 14.6. The predicted octanol–water partition coefficient (Wildman–Crippen LogP) is 3.31. The number of rotatable bonds is 6. The Hall–Kier alpha value is -2.95. The number of aromatic carboxylic acids is 1. The van der Waals surface area contributed by atoms with Gasteiger partial charge in [-0.3, -0.25) is 4.72 Å². The third-order valence-electron chi connectivity index (χ3n) is 3.35. The molecule has 0 radical (unpaired) electrons. The fraction of sp³-hybridized carbons (Fsp3) is 0.188. The summed E-state index contributed by atoms with van der Waals surface area (Å²) in [6.07, 6.45) is -4.89. The molecule has 0 bridgehead atoms. The molecular weight excluding hydrogens is 391 g/mol. The third-order valence-corrected chi connectivity index (χ3v) is 4.72. The van der Waals surface area contributed by atoms with E-state index in [1.807, 2.05) is 4.72 Å². The van der Waals surface area contributed by atoms with Crippen LogP contribution >= 0.6 is 0 Å². The van der Waals surface area contributed by atoms with Crippen molar-refractivity contribution in [2.24, 2.45) is 0 Å². The second kappa shape index (κ2) is 7.35. The van der Waals surface area contributed by atoms with Gasteiger partial charge in [-0.2, -0.15) is 13.2 Å². The maximum absolute atomic E-state index is 12.8. The Morgan fingerprint density at radius 1 is 1.19 bits per heavy atom. The van der Waals surface area contributed by atoms with Crippen LogP contribution < -0.4 is 9.46 Å². The number of phenols is 1. The molecule has 0 aliphatic heterocycles. The van der Waals surface area contributed by atoms with Crippen molar-refractivity contribution in [2.75, 3.05) is 11.3 Å². The van der Waals surface area contributed by atoms with Crippen molar-refractivity contribution in [1.29, 1.82) is 0 Å². The van der Waals surface area contributed by atoms with Crippen molar-refractivity contribution in [2.45, 2.75) is 18.0 Å². The first kappa shape index (κ1) is 20.4. The fourth-order valence-corrected chi connectivity index (χ4v) is 3.24. The van der Waals surface area contributed by atoms with Crippen molar-refractivity contribution in [3.63, 3.8) is 0 Å². The molecular formula is C16H14F3NO6S. The topological polar surface area (TPSA) is 113 Å². The number of halogens is 3. The molecule has 2 aromatic carbocycles. The lowest BCUT2D eigenvalue weighted by molar-refractivity contribution is -0.138. The lowest BCUT2D eigenvalue weighted by Gasteiger charge is -2.14. The monoisotopic (exact) mass is 405 g/mol. The number of carbonyl (C=O) groups is 1. The van der Waals surface area contributed by atoms with E-state index in [-0.39, 0.29) is 12.4 Å². The number of ether oxygens (including phenoxy) is 1. The van der Waals surface area contributed by atoms with Crippen molar-refractivity contribution < 1.29 is 41.3 Å². The van der Waals surface area contributed by atoms with E-state index in [9.17, 15) is 36.6 Å². The number of phenolic OH excluding ortho intramolecular Hbond substituents is 1. The Morgan fingerprint density at radius 3 is 2.41 bits per heavy atom. The summed E-state index contributed by atoms with van der Waals surface area (Å²) in [5.41, 5.74) is -2.28. The Balaban J connectivity index is 2.43. The van der Waals surface area contributed by atoms with E-state index >= 15 is 0 Å². The fourth-order valence-electron chi connectivity index (χ4n) is 2.17. The number of sulfonamides is 1. The van der Waals surface area contributed by atoms with E-state index in [0.717, 1.165) is 24.3 Å². The molecule has 11 heteroatoms. The highest BCUT2D eigenvalue weighted by Gasteiger charge is 2.34. The van der Waals surface area contributed by atoms with Crippen LogP contribution in [0.2, 0.25) is 0 Å². The Kier molecular flexibility index (Phi) is 5.54. The van der Waals surface area contributed by atoms with Crippen molar-refractivity contribution in [1.82, 2.24) is 0 Å². The van der Waals surface area contributed by atoms with Gasteiger partial charge in [0, 0.05) is 5.69 Å². The molecule has 27 heavy (non-hydrogen) atoms. The normalized spacial score (nSPS) is 11.9. The highest BCUT2D eigenvalue weighted by Crippen LogP contribution is 2.37. The molecule has 0 saturated heterocycles. The van der Waals surface area contributed by atoms with Crippen LogP contribution in [0.5, 0.6) is 11.5 Å². The number of carboxylic acids is 1. The largest absolute Gasteiger partial charge is 0.507 e. The summed E-state index contributed by atoms with van der Waals surface area (Å²) < 4.78 is 70.3. The number of hydrogen-bond acceptors (Lipinski definition) is 5. The number of alkyl halides is 3. The maximum Gasteiger partial charge on any atom is 0.420 e. The average Bonchev–Trinajstić information content (AvgIpc) is 2.55. The van der Waals surface area contributed by atoms with E-state index in [4.69, 9.17) is 4.74 Å². The van der Waals surface area contributed by atoms with E-state index in [1.54, 1.807) is 6.92 Å². The van der Waals surface area contributed by atoms with Gasteiger partial charge in [0.05, 0.1) is 17.1 Å². The smallest absolute Gasteiger partial charge is 0.420 e. The number of nitrogens with one attached hydrogen (secondary N) is 1. The number of carboxylic acid groups (broad SMARTS) is 1. The van der Waals surface area contributed by atoms with E-state index in [0.29, 0.717) is 12.1 Å². The molecule has 0 spiro atoms. The molecule has 0 unspecified atom stereocenters. The Labute approximate surface area is 152 Å². The van der Waals surface area contributed by atoms with Crippen LogP contribution in [0.3, 0.4) is 0 Å². The predicted molar refractivity (Wildman–Crippen MR) is 88.5 cm³/mol. The van der Waals surface area contributed by atoms with Crippen LogP contribution in [0, 0.1) is 0 Å². The van der Waals surface area contributed by atoms with Gasteiger partial charge in [0.2, 0.25) is 0 Å². The number of aromatic hydroxyl groups is 1. The average molecular weight is 405 g/mol. The minimum Gasteiger partial charge on any atom is -0.507 e. The van der Waals surface area contributed by atoms with Gasteiger partial charge in [0.15, 0.2) is 0 Å². The van der Waals surface area contributed by atoms with Crippen molar-refractivity contribution >= 4 is 21.7 Å². The summed E-state index contributed by atoms with van der Waals surface area (Å²) in [4.78, 5) is 10.8. The number of benzene rings is 2. The molecule has 0 saturated carbocycles. The SMILES string of the molecule is CCOc1ccc(S(=O)(=O)Nc2ccc(O)c(C(F)(F)F)c2)cc1C(=O)O. The van der Waals surface area contributed by atoms with Crippen LogP contribution in [0.15, 0.2) is 41.3 Å². The van der Waals surface area contributed by atoms with E-state index in [1.165, 1.54) is 0 Å². The Morgan fingerprint density at radius 2 is 1.85 bits per heavy atom. The molecule has 0 aromatic heterocycles. The first-order valence-electron chi connectivity index (χ1n) is 7.39. The minimum absolute atomic E-state index is 0.0482. The standard InChI is InChI=1S/C16H14F3NO6S/c1-2-26-14-6-4-10(8-11(14)15(22)23)27(24,25)20-9-3-5-13(21)12(7-9)16(17,18)19/h3-8,20-21H,2H2,1H3,(H,22,23). The molecule has 0 amide bonds. The van der Waals surface area contributed by atoms with Crippen LogP contribution in [0.1, 0.15) is 22.8 Å². The summed E-state index contributed by atoms with van der Waals surface area (Å²) in [6, 6.07) is 5.10. The third kappa shape index (κ3) is 4.61. The van der Waals surface area contributed by atoms with Gasteiger partial charge in [-0.25, -0.2) is 13.2 Å². The maximum atomic E-state index is 12.8. The van der Waals surface area contributed by atoms with E-state index in [2.05, 4.69) is 0 Å². The lowest BCUT2D eigenvalue weighted by Crippen LogP contribution is -2.15. The van der Waals surface area contributed by atoms with Gasteiger partial charge < -0.3 is 14.9 Å². The molecule has 0 aliphatic carbocycles. The first-order chi connectivity index (χ1) is 12.5. The van der Waals surface area contributed by atoms with Gasteiger partial charge in [-0.05, 0) is 43.3 Å². The molecule has 0 heterocycles. The Bertz CT molecular complexity index is 973. The summed E-state index contributed by atoms with van der Waals surface area (Å²) in [5, 5.41) is 18.5. The van der Waals surface area contributed by atoms with Crippen LogP contribution in [0.4, 0.5) is 18.9 Å². The minimum atomic E-state index is -4.89. The van der Waals surface area contributed by atoms with Gasteiger partial charge in [-0.1, -0.05) is 0 Å². The molecule has 2 rings (SSSR count). The summed E-state index contributed by atoms with van der Waals surface area (Å²) in [7, 11) is -4.39. The van der Waals surface area contributed by atoms with Crippen LogP contribution in [-0.4, -0.2) is 31.2 Å². The van der Waals surface area contributed by atoms with Crippen LogP contribution in [-0.2, 0) is 16.2 Å².